The maximum absolute atomic E-state index is 13.4. The van der Waals surface area contributed by atoms with Gasteiger partial charge in [-0.2, -0.15) is 0 Å². The highest BCUT2D eigenvalue weighted by molar-refractivity contribution is 8.19. The summed E-state index contributed by atoms with van der Waals surface area (Å²) in [4.78, 5) is 24.1. The molecule has 156 valence electrons. The number of carbonyl (C=O) groups is 1. The maximum Gasteiger partial charge on any atom is 0.269 e. The van der Waals surface area contributed by atoms with Crippen molar-refractivity contribution in [2.45, 2.75) is 37.6 Å². The SMILES string of the molecule is CCCCN1C(=O)/C(=C2/Sc3ccc(Cl)cc3N2C)SC1=N[C@@H](C)c1ccccc1. The van der Waals surface area contributed by atoms with E-state index in [2.05, 4.69) is 30.9 Å². The van der Waals surface area contributed by atoms with E-state index in [0.29, 0.717) is 11.6 Å². The molecule has 0 aromatic heterocycles. The third-order valence-corrected chi connectivity index (χ3v) is 7.85. The van der Waals surface area contributed by atoms with Crippen LogP contribution in [0.3, 0.4) is 0 Å². The average Bonchev–Trinajstić information content (AvgIpc) is 3.23. The number of nitrogens with zero attached hydrogens (tertiary/aromatic N) is 3. The van der Waals surface area contributed by atoms with Crippen LogP contribution in [0.25, 0.3) is 0 Å². The summed E-state index contributed by atoms with van der Waals surface area (Å²) < 4.78 is 0. The maximum atomic E-state index is 13.4. The topological polar surface area (TPSA) is 35.9 Å². The molecule has 1 saturated heterocycles. The normalized spacial score (nSPS) is 20.9. The number of unbranched alkanes of at least 4 members (excludes halogenated alkanes) is 1. The van der Waals surface area contributed by atoms with E-state index in [9.17, 15) is 4.79 Å². The lowest BCUT2D eigenvalue weighted by Gasteiger charge is -2.17. The fraction of sp³-hybridized carbons (Fsp3) is 0.304. The first-order chi connectivity index (χ1) is 14.5. The van der Waals surface area contributed by atoms with Crippen LogP contribution in [0, 0.1) is 0 Å². The molecule has 2 aliphatic heterocycles. The molecule has 7 heteroatoms. The standard InChI is InChI=1S/C23H24ClN3OS2/c1-4-5-13-27-21(28)20(22-26(3)18-14-17(24)11-12-19(18)29-22)30-23(27)25-15(2)16-9-7-6-8-10-16/h6-12,14-15H,4-5,13H2,1-3H3/b22-20-,25-23?/t15-/m0/s1. The van der Waals surface area contributed by atoms with E-state index >= 15 is 0 Å². The first-order valence-electron chi connectivity index (χ1n) is 10.1. The fourth-order valence-electron chi connectivity index (χ4n) is 3.44. The lowest BCUT2D eigenvalue weighted by atomic mass is 10.1. The monoisotopic (exact) mass is 457 g/mol. The van der Waals surface area contributed by atoms with Crippen LogP contribution in [0.5, 0.6) is 0 Å². The van der Waals surface area contributed by atoms with Gasteiger partial charge in [0.05, 0.1) is 16.8 Å². The molecule has 4 rings (SSSR count). The van der Waals surface area contributed by atoms with Crippen LogP contribution in [-0.2, 0) is 4.79 Å². The number of hydrogen-bond donors (Lipinski definition) is 0. The van der Waals surface area contributed by atoms with Gasteiger partial charge in [-0.05, 0) is 48.9 Å². The summed E-state index contributed by atoms with van der Waals surface area (Å²) in [5.74, 6) is 0.0423. The third kappa shape index (κ3) is 4.13. The van der Waals surface area contributed by atoms with Crippen LogP contribution in [0.15, 0.2) is 68.4 Å². The summed E-state index contributed by atoms with van der Waals surface area (Å²) in [7, 11) is 1.99. The highest BCUT2D eigenvalue weighted by Crippen LogP contribution is 2.50. The highest BCUT2D eigenvalue weighted by Gasteiger charge is 2.39. The van der Waals surface area contributed by atoms with E-state index in [1.165, 1.54) is 11.8 Å². The van der Waals surface area contributed by atoms with Crippen molar-refractivity contribution in [2.24, 2.45) is 4.99 Å². The summed E-state index contributed by atoms with van der Waals surface area (Å²) >= 11 is 9.30. The second kappa shape index (κ2) is 9.08. The van der Waals surface area contributed by atoms with Gasteiger partial charge < -0.3 is 4.90 Å². The first kappa shape index (κ1) is 21.3. The molecular weight excluding hydrogens is 434 g/mol. The quantitative estimate of drug-likeness (QED) is 0.477. The first-order valence-corrected chi connectivity index (χ1v) is 12.1. The van der Waals surface area contributed by atoms with Crippen LogP contribution in [0.2, 0.25) is 5.02 Å². The molecule has 1 fully saturated rings. The minimum absolute atomic E-state index is 0.0139. The molecule has 0 radical (unpaired) electrons. The number of halogens is 1. The number of anilines is 1. The van der Waals surface area contributed by atoms with Gasteiger partial charge in [0, 0.05) is 23.5 Å². The largest absolute Gasteiger partial charge is 0.337 e. The van der Waals surface area contributed by atoms with Gasteiger partial charge in [-0.15, -0.1) is 0 Å². The van der Waals surface area contributed by atoms with Gasteiger partial charge >= 0.3 is 0 Å². The molecule has 2 aromatic carbocycles. The molecule has 4 nitrogen and oxygen atoms in total. The number of hydrogen-bond acceptors (Lipinski definition) is 5. The van der Waals surface area contributed by atoms with E-state index in [1.54, 1.807) is 11.8 Å². The van der Waals surface area contributed by atoms with Gasteiger partial charge in [0.25, 0.3) is 5.91 Å². The molecule has 2 aromatic rings. The molecule has 0 bridgehead atoms. The number of fused-ring (bicyclic) bond motifs is 1. The summed E-state index contributed by atoms with van der Waals surface area (Å²) in [6.07, 6.45) is 1.98. The minimum Gasteiger partial charge on any atom is -0.337 e. The third-order valence-electron chi connectivity index (χ3n) is 5.17. The summed E-state index contributed by atoms with van der Waals surface area (Å²) in [6, 6.07) is 16.0. The number of amidine groups is 1. The zero-order valence-electron chi connectivity index (χ0n) is 17.3. The van der Waals surface area contributed by atoms with Gasteiger partial charge in [-0.3, -0.25) is 14.7 Å². The lowest BCUT2D eigenvalue weighted by Crippen LogP contribution is -2.31. The predicted octanol–water partition coefficient (Wildman–Crippen LogP) is 6.54. The van der Waals surface area contributed by atoms with Crippen LogP contribution in [0.1, 0.15) is 38.3 Å². The number of thioether (sulfide) groups is 2. The Hall–Kier alpha value is -1.89. The molecule has 2 aliphatic rings. The van der Waals surface area contributed by atoms with Gasteiger partial charge in [-0.25, -0.2) is 0 Å². The molecular formula is C23H24ClN3OS2. The predicted molar refractivity (Wildman–Crippen MR) is 129 cm³/mol. The van der Waals surface area contributed by atoms with Gasteiger partial charge in [-0.1, -0.05) is 67.0 Å². The Morgan fingerprint density at radius 3 is 2.63 bits per heavy atom. The van der Waals surface area contributed by atoms with E-state index in [1.807, 2.05) is 48.3 Å². The van der Waals surface area contributed by atoms with Crippen molar-refractivity contribution in [1.82, 2.24) is 4.90 Å². The summed E-state index contributed by atoms with van der Waals surface area (Å²) in [5, 5.41) is 2.43. The van der Waals surface area contributed by atoms with Gasteiger partial charge in [0.1, 0.15) is 4.91 Å². The van der Waals surface area contributed by atoms with Crippen LogP contribution in [-0.4, -0.2) is 29.6 Å². The molecule has 0 N–H and O–H groups in total. The average molecular weight is 458 g/mol. The number of carbonyl (C=O) groups excluding carboxylic acids is 1. The Morgan fingerprint density at radius 1 is 1.13 bits per heavy atom. The molecule has 0 unspecified atom stereocenters. The number of amides is 1. The van der Waals surface area contributed by atoms with Crippen molar-refractivity contribution in [3.05, 3.63) is 69.1 Å². The Balaban J connectivity index is 1.69. The Bertz CT molecular complexity index is 1020. The summed E-state index contributed by atoms with van der Waals surface area (Å²) in [6.45, 7) is 4.90. The van der Waals surface area contributed by atoms with Crippen molar-refractivity contribution >= 4 is 51.9 Å². The molecule has 2 heterocycles. The van der Waals surface area contributed by atoms with Crippen LogP contribution < -0.4 is 4.90 Å². The van der Waals surface area contributed by atoms with E-state index in [0.717, 1.165) is 44.1 Å². The molecule has 1 atom stereocenters. The molecule has 0 saturated carbocycles. The molecule has 1 amide bonds. The minimum atomic E-state index is -0.0139. The van der Waals surface area contributed by atoms with Crippen molar-refractivity contribution in [3.63, 3.8) is 0 Å². The smallest absolute Gasteiger partial charge is 0.269 e. The van der Waals surface area contributed by atoms with E-state index in [-0.39, 0.29) is 11.9 Å². The van der Waals surface area contributed by atoms with Crippen molar-refractivity contribution < 1.29 is 4.79 Å². The van der Waals surface area contributed by atoms with Crippen LogP contribution in [0.4, 0.5) is 5.69 Å². The van der Waals surface area contributed by atoms with Crippen molar-refractivity contribution in [2.75, 3.05) is 18.5 Å². The van der Waals surface area contributed by atoms with E-state index < -0.39 is 0 Å². The number of aliphatic imine (C=N–C) groups is 1. The Labute approximate surface area is 191 Å². The van der Waals surface area contributed by atoms with Crippen molar-refractivity contribution in [1.29, 1.82) is 0 Å². The van der Waals surface area contributed by atoms with Crippen molar-refractivity contribution in [3.8, 4) is 0 Å². The lowest BCUT2D eigenvalue weighted by molar-refractivity contribution is -0.122. The highest BCUT2D eigenvalue weighted by atomic mass is 35.5. The Kier molecular flexibility index (Phi) is 6.46. The van der Waals surface area contributed by atoms with Crippen LogP contribution >= 0.6 is 35.1 Å². The van der Waals surface area contributed by atoms with Gasteiger partial charge in [0.15, 0.2) is 5.17 Å². The second-order valence-electron chi connectivity index (χ2n) is 7.32. The van der Waals surface area contributed by atoms with E-state index in [4.69, 9.17) is 16.6 Å². The zero-order valence-corrected chi connectivity index (χ0v) is 19.7. The number of rotatable bonds is 5. The molecule has 0 spiro atoms. The fourth-order valence-corrected chi connectivity index (χ4v) is 6.01. The molecule has 0 aliphatic carbocycles. The second-order valence-corrected chi connectivity index (χ2v) is 9.76. The Morgan fingerprint density at radius 2 is 1.90 bits per heavy atom. The molecule has 30 heavy (non-hydrogen) atoms. The zero-order chi connectivity index (χ0) is 21.3. The van der Waals surface area contributed by atoms with Gasteiger partial charge in [0.2, 0.25) is 0 Å². The summed E-state index contributed by atoms with van der Waals surface area (Å²) in [5.41, 5.74) is 2.18. The number of benzene rings is 2.